The summed E-state index contributed by atoms with van der Waals surface area (Å²) in [6.07, 6.45) is 42.4. The number of ether oxygens (including phenoxy) is 1. The van der Waals surface area contributed by atoms with Gasteiger partial charge in [0, 0.05) is 6.54 Å². The van der Waals surface area contributed by atoms with E-state index in [9.17, 15) is 14.3 Å². The summed E-state index contributed by atoms with van der Waals surface area (Å²) in [7, 11) is 1.74. The Morgan fingerprint density at radius 1 is 0.604 bits per heavy atom. The summed E-state index contributed by atoms with van der Waals surface area (Å²) >= 11 is 0. The van der Waals surface area contributed by atoms with E-state index >= 15 is 0 Å². The van der Waals surface area contributed by atoms with Gasteiger partial charge in [-0.3, -0.25) is 9.05 Å². The number of phosphoric acid groups is 1. The number of amides is 1. The highest BCUT2D eigenvalue weighted by Crippen LogP contribution is 2.43. The van der Waals surface area contributed by atoms with Crippen LogP contribution in [0.1, 0.15) is 213 Å². The molecule has 0 heterocycles. The number of carbonyl (C=O) groups excluding carboxylic acids is 1. The van der Waals surface area contributed by atoms with Crippen molar-refractivity contribution in [3.05, 3.63) is 12.2 Å². The Bertz CT molecular complexity index is 865. The summed E-state index contributed by atoms with van der Waals surface area (Å²) < 4.78 is 29.3. The Hall–Kier alpha value is -0.920. The molecule has 316 valence electrons. The van der Waals surface area contributed by atoms with Crippen molar-refractivity contribution in [1.29, 1.82) is 0 Å². The quantitative estimate of drug-likeness (QED) is 0.0278. The van der Waals surface area contributed by atoms with E-state index < -0.39 is 20.0 Å². The van der Waals surface area contributed by atoms with Crippen LogP contribution in [0.2, 0.25) is 0 Å². The van der Waals surface area contributed by atoms with Crippen molar-refractivity contribution in [2.75, 3.05) is 47.4 Å². The van der Waals surface area contributed by atoms with Crippen LogP contribution < -0.4 is 5.32 Å². The summed E-state index contributed by atoms with van der Waals surface area (Å²) in [6.45, 7) is 5.64. The fraction of sp³-hybridized carbons (Fsp3) is 0.932. The van der Waals surface area contributed by atoms with Gasteiger partial charge in [-0.15, -0.1) is 0 Å². The van der Waals surface area contributed by atoms with Gasteiger partial charge in [0.25, 0.3) is 0 Å². The molecule has 0 bridgehead atoms. The fourth-order valence-corrected chi connectivity index (χ4v) is 7.24. The van der Waals surface area contributed by atoms with Crippen molar-refractivity contribution in [2.45, 2.75) is 219 Å². The van der Waals surface area contributed by atoms with E-state index in [1.165, 1.54) is 161 Å². The van der Waals surface area contributed by atoms with E-state index in [4.69, 9.17) is 13.8 Å². The van der Waals surface area contributed by atoms with Gasteiger partial charge in [0.1, 0.15) is 19.3 Å². The van der Waals surface area contributed by atoms with Crippen molar-refractivity contribution >= 4 is 13.9 Å². The summed E-state index contributed by atoms with van der Waals surface area (Å²) in [5.74, 6) is 0. The lowest BCUT2D eigenvalue weighted by atomic mass is 10.0. The largest absolute Gasteiger partial charge is 0.472 e. The van der Waals surface area contributed by atoms with E-state index in [-0.39, 0.29) is 13.2 Å². The maximum atomic E-state index is 12.6. The molecule has 0 aliphatic carbocycles. The average Bonchev–Trinajstić information content (AvgIpc) is 3.11. The molecule has 1 amide bonds. The first-order valence-corrected chi connectivity index (χ1v) is 24.1. The van der Waals surface area contributed by atoms with Crippen molar-refractivity contribution in [3.8, 4) is 0 Å². The maximum absolute atomic E-state index is 12.6. The van der Waals surface area contributed by atoms with Crippen molar-refractivity contribution in [3.63, 3.8) is 0 Å². The highest BCUT2D eigenvalue weighted by molar-refractivity contribution is 7.47. The van der Waals surface area contributed by atoms with Gasteiger partial charge in [-0.2, -0.15) is 0 Å². The fourth-order valence-electron chi connectivity index (χ4n) is 6.50. The van der Waals surface area contributed by atoms with Crippen LogP contribution in [0.25, 0.3) is 0 Å². The van der Waals surface area contributed by atoms with Crippen LogP contribution in [0.5, 0.6) is 0 Å². The number of hydrogen-bond donors (Lipinski definition) is 2. The van der Waals surface area contributed by atoms with Gasteiger partial charge in [-0.1, -0.05) is 180 Å². The Morgan fingerprint density at radius 3 is 1.43 bits per heavy atom. The number of likely N-dealkylation sites (N-methyl/N-ethyl adjacent to an activating group) is 1. The molecule has 2 atom stereocenters. The molecule has 0 aliphatic rings. The monoisotopic (exact) mass is 774 g/mol. The van der Waals surface area contributed by atoms with Crippen LogP contribution in [0.15, 0.2) is 12.2 Å². The number of rotatable bonds is 41. The molecular formula is C44H90N2O6P+. The minimum Gasteiger partial charge on any atom is -0.444 e. The Morgan fingerprint density at radius 2 is 1.00 bits per heavy atom. The topological polar surface area (TPSA) is 94.1 Å². The zero-order valence-corrected chi connectivity index (χ0v) is 36.8. The number of carbonyl (C=O) groups is 1. The van der Waals surface area contributed by atoms with Crippen LogP contribution in [0.3, 0.4) is 0 Å². The lowest BCUT2D eigenvalue weighted by Gasteiger charge is -2.24. The van der Waals surface area contributed by atoms with Gasteiger partial charge >= 0.3 is 13.9 Å². The molecule has 2 unspecified atom stereocenters. The number of nitrogens with one attached hydrogen (secondary N) is 1. The van der Waals surface area contributed by atoms with Gasteiger partial charge < -0.3 is 19.4 Å². The van der Waals surface area contributed by atoms with Gasteiger partial charge in [0.15, 0.2) is 0 Å². The van der Waals surface area contributed by atoms with Crippen LogP contribution in [0.4, 0.5) is 4.79 Å². The molecule has 0 aromatic carbocycles. The molecule has 53 heavy (non-hydrogen) atoms. The summed E-state index contributed by atoms with van der Waals surface area (Å²) in [6, 6.07) is 0. The lowest BCUT2D eigenvalue weighted by Crippen LogP contribution is -2.37. The predicted molar refractivity (Wildman–Crippen MR) is 227 cm³/mol. The number of unbranched alkanes of at least 4 members (excludes halogenated alkanes) is 27. The van der Waals surface area contributed by atoms with Crippen LogP contribution >= 0.6 is 7.82 Å². The Balaban J connectivity index is 4.20. The third kappa shape index (κ3) is 42.1. The number of allylic oxidation sites excluding steroid dienone is 2. The van der Waals surface area contributed by atoms with Gasteiger partial charge in [0.2, 0.25) is 0 Å². The van der Waals surface area contributed by atoms with Crippen LogP contribution in [-0.2, 0) is 18.3 Å². The highest BCUT2D eigenvalue weighted by Gasteiger charge is 2.26. The molecule has 9 heteroatoms. The lowest BCUT2D eigenvalue weighted by molar-refractivity contribution is -0.870. The first-order valence-electron chi connectivity index (χ1n) is 22.6. The van der Waals surface area contributed by atoms with E-state index in [1.807, 2.05) is 21.1 Å². The first kappa shape index (κ1) is 52.1. The van der Waals surface area contributed by atoms with Crippen molar-refractivity contribution in [2.24, 2.45) is 0 Å². The Labute approximate surface area is 329 Å². The molecule has 0 spiro atoms. The summed E-state index contributed by atoms with van der Waals surface area (Å²) in [5.41, 5.74) is 0. The normalized spacial score (nSPS) is 13.8. The molecule has 0 fully saturated rings. The second-order valence-electron chi connectivity index (χ2n) is 16.6. The number of quaternary nitrogens is 1. The third-order valence-electron chi connectivity index (χ3n) is 10.1. The van der Waals surface area contributed by atoms with Crippen LogP contribution in [-0.4, -0.2) is 69.0 Å². The molecular weight excluding hydrogens is 683 g/mol. The molecule has 0 radical (unpaired) electrons. The molecule has 0 saturated heterocycles. The van der Waals surface area contributed by atoms with Crippen LogP contribution in [0, 0.1) is 0 Å². The number of hydrogen-bond acceptors (Lipinski definition) is 5. The van der Waals surface area contributed by atoms with Gasteiger partial charge in [0.05, 0.1) is 27.7 Å². The summed E-state index contributed by atoms with van der Waals surface area (Å²) in [4.78, 5) is 22.9. The zero-order valence-electron chi connectivity index (χ0n) is 35.9. The second kappa shape index (κ2) is 38.0. The van der Waals surface area contributed by atoms with Gasteiger partial charge in [-0.25, -0.2) is 9.36 Å². The first-order chi connectivity index (χ1) is 25.6. The second-order valence-corrected chi connectivity index (χ2v) is 18.0. The Kier molecular flexibility index (Phi) is 37.3. The van der Waals surface area contributed by atoms with Gasteiger partial charge in [-0.05, 0) is 44.9 Å². The molecule has 2 N–H and O–H groups in total. The maximum Gasteiger partial charge on any atom is 0.472 e. The third-order valence-corrected chi connectivity index (χ3v) is 11.0. The molecule has 0 aromatic rings. The minimum atomic E-state index is -4.23. The molecule has 0 aliphatic heterocycles. The minimum absolute atomic E-state index is 0.110. The average molecular weight is 774 g/mol. The molecule has 0 saturated carbocycles. The van der Waals surface area contributed by atoms with Crippen molar-refractivity contribution < 1.29 is 32.5 Å². The van der Waals surface area contributed by atoms with E-state index in [0.29, 0.717) is 24.0 Å². The molecule has 0 rings (SSSR count). The van der Waals surface area contributed by atoms with E-state index in [1.54, 1.807) is 0 Å². The highest BCUT2D eigenvalue weighted by atomic mass is 31.2. The summed E-state index contributed by atoms with van der Waals surface area (Å²) in [5, 5.41) is 2.88. The smallest absolute Gasteiger partial charge is 0.444 e. The number of nitrogens with zero attached hydrogens (tertiary/aromatic N) is 1. The van der Waals surface area contributed by atoms with E-state index in [2.05, 4.69) is 31.3 Å². The van der Waals surface area contributed by atoms with E-state index in [0.717, 1.165) is 32.1 Å². The number of alkyl carbamates (subject to hydrolysis) is 1. The molecule has 8 nitrogen and oxygen atoms in total. The predicted octanol–water partition coefficient (Wildman–Crippen LogP) is 13.6. The zero-order chi connectivity index (χ0) is 39.1. The standard InChI is InChI=1S/C44H89N2O6P/c1-6-8-10-12-14-16-18-20-22-24-26-28-30-32-34-36-38-43(42-51-53(48,49)50-41-40-46(3,4)5)52-44(47)45-39-37-35-33-31-29-27-25-23-21-19-17-15-13-11-9-7-2/h21,23,43H,6-20,22,24-42H2,1-5H3,(H-,45,47,48,49)/p+1. The molecule has 0 aromatic heterocycles. The number of phosphoric ester groups is 1. The SMILES string of the molecule is CCCCCCCCC=CCCCCCCCCNC(=O)OC(CCCCCCCCCCCCCCCCCC)COP(=O)(O)OCC[N+](C)(C)C. The van der Waals surface area contributed by atoms with Crippen molar-refractivity contribution in [1.82, 2.24) is 5.32 Å².